The second-order valence-corrected chi connectivity index (χ2v) is 7.18. The number of hydrogen-bond donors (Lipinski definition) is 1. The van der Waals surface area contributed by atoms with Crippen molar-refractivity contribution in [1.29, 1.82) is 0 Å². The van der Waals surface area contributed by atoms with Crippen LogP contribution in [0.3, 0.4) is 0 Å². The maximum atomic E-state index is 5.38. The summed E-state index contributed by atoms with van der Waals surface area (Å²) in [5.41, 5.74) is 1.39. The molecule has 1 aromatic rings. The standard InChI is InChI=1S/C18H28BrNO/c1-4-13-5-6-14(12-20-2)15(9-13)10-16-11-17(21-3)7-8-18(16)19/h7-8,11,13-15,20H,4-6,9-10,12H2,1-3H3. The molecule has 3 heteroatoms. The third kappa shape index (κ3) is 4.46. The van der Waals surface area contributed by atoms with Crippen molar-refractivity contribution in [1.82, 2.24) is 5.32 Å². The molecule has 118 valence electrons. The highest BCUT2D eigenvalue weighted by molar-refractivity contribution is 9.10. The molecule has 3 atom stereocenters. The average molecular weight is 354 g/mol. The minimum atomic E-state index is 0.777. The van der Waals surface area contributed by atoms with E-state index in [1.165, 1.54) is 35.7 Å². The van der Waals surface area contributed by atoms with Crippen molar-refractivity contribution in [3.63, 3.8) is 0 Å². The molecule has 1 saturated carbocycles. The fourth-order valence-electron chi connectivity index (χ4n) is 3.69. The van der Waals surface area contributed by atoms with Gasteiger partial charge in [0.1, 0.15) is 5.75 Å². The maximum absolute atomic E-state index is 5.38. The molecule has 1 fully saturated rings. The van der Waals surface area contributed by atoms with Gasteiger partial charge in [-0.1, -0.05) is 35.7 Å². The summed E-state index contributed by atoms with van der Waals surface area (Å²) in [5, 5.41) is 3.39. The van der Waals surface area contributed by atoms with Crippen LogP contribution in [0.1, 0.15) is 38.2 Å². The SMILES string of the molecule is CCC1CCC(CNC)C(Cc2cc(OC)ccc2Br)C1. The molecule has 0 radical (unpaired) electrons. The highest BCUT2D eigenvalue weighted by atomic mass is 79.9. The number of rotatable bonds is 6. The molecule has 1 aliphatic rings. The molecule has 1 aromatic carbocycles. The molecular weight excluding hydrogens is 326 g/mol. The lowest BCUT2D eigenvalue weighted by atomic mass is 9.71. The molecule has 2 nitrogen and oxygen atoms in total. The summed E-state index contributed by atoms with van der Waals surface area (Å²) in [6, 6.07) is 6.33. The highest BCUT2D eigenvalue weighted by Crippen LogP contribution is 2.38. The van der Waals surface area contributed by atoms with Crippen LogP contribution in [-0.4, -0.2) is 20.7 Å². The molecular formula is C18H28BrNO. The fraction of sp³-hybridized carbons (Fsp3) is 0.667. The van der Waals surface area contributed by atoms with E-state index >= 15 is 0 Å². The van der Waals surface area contributed by atoms with Gasteiger partial charge in [-0.25, -0.2) is 0 Å². The summed E-state index contributed by atoms with van der Waals surface area (Å²) in [4.78, 5) is 0. The summed E-state index contributed by atoms with van der Waals surface area (Å²) in [6.45, 7) is 3.48. The van der Waals surface area contributed by atoms with Gasteiger partial charge in [0, 0.05) is 4.47 Å². The first-order valence-corrected chi connectivity index (χ1v) is 8.94. The van der Waals surface area contributed by atoms with Crippen LogP contribution in [0.15, 0.2) is 22.7 Å². The van der Waals surface area contributed by atoms with Gasteiger partial charge in [0.2, 0.25) is 0 Å². The lowest BCUT2D eigenvalue weighted by Crippen LogP contribution is -2.33. The number of halogens is 1. The summed E-state index contributed by atoms with van der Waals surface area (Å²) in [5.74, 6) is 3.45. The summed E-state index contributed by atoms with van der Waals surface area (Å²) in [6.07, 6.45) is 6.61. The van der Waals surface area contributed by atoms with E-state index in [4.69, 9.17) is 4.74 Å². The molecule has 3 unspecified atom stereocenters. The third-order valence-electron chi connectivity index (χ3n) is 5.03. The Kier molecular flexibility index (Phi) is 6.56. The molecule has 0 aliphatic heterocycles. The quantitative estimate of drug-likeness (QED) is 0.802. The van der Waals surface area contributed by atoms with E-state index in [0.717, 1.165) is 36.5 Å². The molecule has 0 aromatic heterocycles. The number of hydrogen-bond acceptors (Lipinski definition) is 2. The van der Waals surface area contributed by atoms with Crippen LogP contribution in [0.4, 0.5) is 0 Å². The van der Waals surface area contributed by atoms with E-state index in [2.05, 4.69) is 47.4 Å². The summed E-state index contributed by atoms with van der Waals surface area (Å²) >= 11 is 3.71. The fourth-order valence-corrected chi connectivity index (χ4v) is 4.10. The minimum absolute atomic E-state index is 0.777. The van der Waals surface area contributed by atoms with Gasteiger partial charge < -0.3 is 10.1 Å². The monoisotopic (exact) mass is 353 g/mol. The van der Waals surface area contributed by atoms with Gasteiger partial charge in [0.05, 0.1) is 7.11 Å². The van der Waals surface area contributed by atoms with E-state index < -0.39 is 0 Å². The number of methoxy groups -OCH3 is 1. The lowest BCUT2D eigenvalue weighted by Gasteiger charge is -2.36. The molecule has 0 spiro atoms. The number of ether oxygens (including phenoxy) is 1. The number of nitrogens with one attached hydrogen (secondary N) is 1. The zero-order valence-corrected chi connectivity index (χ0v) is 15.1. The number of benzene rings is 1. The van der Waals surface area contributed by atoms with Gasteiger partial charge in [-0.05, 0) is 74.4 Å². The van der Waals surface area contributed by atoms with E-state index in [1.807, 2.05) is 6.07 Å². The zero-order valence-electron chi connectivity index (χ0n) is 13.5. The van der Waals surface area contributed by atoms with Crippen LogP contribution in [0.5, 0.6) is 5.75 Å². The normalized spacial score (nSPS) is 25.8. The topological polar surface area (TPSA) is 21.3 Å². The van der Waals surface area contributed by atoms with E-state index in [9.17, 15) is 0 Å². The van der Waals surface area contributed by atoms with E-state index in [-0.39, 0.29) is 0 Å². The van der Waals surface area contributed by atoms with Gasteiger partial charge in [-0.2, -0.15) is 0 Å². The molecule has 21 heavy (non-hydrogen) atoms. The van der Waals surface area contributed by atoms with E-state index in [1.54, 1.807) is 7.11 Å². The van der Waals surface area contributed by atoms with Gasteiger partial charge in [-0.15, -0.1) is 0 Å². The average Bonchev–Trinajstić information content (AvgIpc) is 2.51. The largest absolute Gasteiger partial charge is 0.497 e. The second-order valence-electron chi connectivity index (χ2n) is 6.33. The van der Waals surface area contributed by atoms with Crippen molar-refractivity contribution in [3.05, 3.63) is 28.2 Å². The van der Waals surface area contributed by atoms with Crippen LogP contribution in [-0.2, 0) is 6.42 Å². The Morgan fingerprint density at radius 1 is 1.29 bits per heavy atom. The predicted molar refractivity (Wildman–Crippen MR) is 92.9 cm³/mol. The Labute approximate surface area is 137 Å². The van der Waals surface area contributed by atoms with Crippen molar-refractivity contribution in [3.8, 4) is 5.75 Å². The highest BCUT2D eigenvalue weighted by Gasteiger charge is 2.29. The molecule has 1 N–H and O–H groups in total. The molecule has 0 bridgehead atoms. The van der Waals surface area contributed by atoms with Crippen molar-refractivity contribution in [2.75, 3.05) is 20.7 Å². The van der Waals surface area contributed by atoms with Gasteiger partial charge in [0.15, 0.2) is 0 Å². The van der Waals surface area contributed by atoms with Crippen molar-refractivity contribution in [2.24, 2.45) is 17.8 Å². The Balaban J connectivity index is 2.13. The first-order chi connectivity index (χ1) is 10.2. The molecule has 1 aliphatic carbocycles. The van der Waals surface area contributed by atoms with Gasteiger partial charge >= 0.3 is 0 Å². The Morgan fingerprint density at radius 2 is 2.10 bits per heavy atom. The van der Waals surface area contributed by atoms with Crippen molar-refractivity contribution < 1.29 is 4.74 Å². The first-order valence-electron chi connectivity index (χ1n) is 8.14. The minimum Gasteiger partial charge on any atom is -0.497 e. The zero-order chi connectivity index (χ0) is 15.2. The Hall–Kier alpha value is -0.540. The van der Waals surface area contributed by atoms with Crippen LogP contribution in [0.2, 0.25) is 0 Å². The Bertz CT molecular complexity index is 449. The molecule has 2 rings (SSSR count). The second kappa shape index (κ2) is 8.19. The van der Waals surface area contributed by atoms with Crippen LogP contribution >= 0.6 is 15.9 Å². The van der Waals surface area contributed by atoms with Gasteiger partial charge in [0.25, 0.3) is 0 Å². The Morgan fingerprint density at radius 3 is 2.76 bits per heavy atom. The lowest BCUT2D eigenvalue weighted by molar-refractivity contribution is 0.173. The predicted octanol–water partition coefficient (Wildman–Crippen LogP) is 4.66. The van der Waals surface area contributed by atoms with E-state index in [0.29, 0.717) is 0 Å². The molecule has 0 heterocycles. The molecule has 0 amide bonds. The van der Waals surface area contributed by atoms with Gasteiger partial charge in [-0.3, -0.25) is 0 Å². The van der Waals surface area contributed by atoms with Crippen LogP contribution < -0.4 is 10.1 Å². The maximum Gasteiger partial charge on any atom is 0.119 e. The van der Waals surface area contributed by atoms with Crippen LogP contribution in [0.25, 0.3) is 0 Å². The van der Waals surface area contributed by atoms with Crippen molar-refractivity contribution >= 4 is 15.9 Å². The smallest absolute Gasteiger partial charge is 0.119 e. The van der Waals surface area contributed by atoms with Crippen molar-refractivity contribution in [2.45, 2.75) is 39.0 Å². The summed E-state index contributed by atoms with van der Waals surface area (Å²) < 4.78 is 6.60. The van der Waals surface area contributed by atoms with Crippen LogP contribution in [0, 0.1) is 17.8 Å². The molecule has 0 saturated heterocycles. The summed E-state index contributed by atoms with van der Waals surface area (Å²) in [7, 11) is 3.81. The third-order valence-corrected chi connectivity index (χ3v) is 5.80. The first kappa shape index (κ1) is 16.8.